The van der Waals surface area contributed by atoms with E-state index in [1.807, 2.05) is 0 Å². The van der Waals surface area contributed by atoms with Crippen LogP contribution >= 0.6 is 0 Å². The molecule has 3 aliphatic heterocycles. The van der Waals surface area contributed by atoms with Crippen molar-refractivity contribution in [3.63, 3.8) is 0 Å². The highest BCUT2D eigenvalue weighted by Crippen LogP contribution is 2.33. The van der Waals surface area contributed by atoms with Crippen LogP contribution in [0.3, 0.4) is 0 Å². The standard InChI is InChI=1S/C50H93NO18/c1-3-5-7-9-11-13-15-16-18-19-21-23-25-27-34(55)33(51-38(56)28-26-24-22-20-17-14-12-10-8-6-4-2)32-64-48-44(62)41(59)46(36(30-53)66-48)69-50-45(63)42(60)47(37(31-54)67-50)68-49-43(61)40(58)39(57)35(29-52)65-49/h10,12,33-37,39-50,52-55,57-63H,3-9,11,13-32H2,1-2H3,(H,51,56)/b12-10-. The first-order valence-electron chi connectivity index (χ1n) is 26.4. The number of hydrogen-bond donors (Lipinski definition) is 12. The first kappa shape index (κ1) is 61.8. The molecule has 3 heterocycles. The van der Waals surface area contributed by atoms with Crippen LogP contribution in [0.5, 0.6) is 0 Å². The number of carbonyl (C=O) groups excluding carboxylic acids is 1. The van der Waals surface area contributed by atoms with Crippen LogP contribution in [0.25, 0.3) is 0 Å². The molecule has 406 valence electrons. The fourth-order valence-corrected chi connectivity index (χ4v) is 9.12. The fraction of sp³-hybridized carbons (Fsp3) is 0.940. The van der Waals surface area contributed by atoms with Crippen LogP contribution in [0.2, 0.25) is 0 Å². The molecule has 69 heavy (non-hydrogen) atoms. The third-order valence-corrected chi connectivity index (χ3v) is 13.6. The number of ether oxygens (including phenoxy) is 6. The topological polar surface area (TPSA) is 307 Å². The van der Waals surface area contributed by atoms with Gasteiger partial charge in [-0.1, -0.05) is 142 Å². The number of carbonyl (C=O) groups is 1. The van der Waals surface area contributed by atoms with Gasteiger partial charge in [-0.15, -0.1) is 0 Å². The molecule has 19 heteroatoms. The zero-order chi connectivity index (χ0) is 50.6. The fourth-order valence-electron chi connectivity index (χ4n) is 9.12. The highest BCUT2D eigenvalue weighted by molar-refractivity contribution is 5.76. The highest BCUT2D eigenvalue weighted by atomic mass is 16.8. The zero-order valence-corrected chi connectivity index (χ0v) is 41.5. The van der Waals surface area contributed by atoms with Crippen molar-refractivity contribution in [2.24, 2.45) is 0 Å². The lowest BCUT2D eigenvalue weighted by molar-refractivity contribution is -0.379. The van der Waals surface area contributed by atoms with Gasteiger partial charge in [-0.05, 0) is 32.1 Å². The summed E-state index contributed by atoms with van der Waals surface area (Å²) in [4.78, 5) is 13.2. The molecule has 17 unspecified atom stereocenters. The molecule has 0 spiro atoms. The van der Waals surface area contributed by atoms with E-state index in [4.69, 9.17) is 28.4 Å². The summed E-state index contributed by atoms with van der Waals surface area (Å²) in [5.41, 5.74) is 0. The maximum absolute atomic E-state index is 13.2. The minimum atomic E-state index is -1.97. The Kier molecular flexibility index (Phi) is 31.9. The van der Waals surface area contributed by atoms with E-state index in [-0.39, 0.29) is 18.9 Å². The van der Waals surface area contributed by atoms with E-state index in [1.165, 1.54) is 70.6 Å². The van der Waals surface area contributed by atoms with E-state index in [2.05, 4.69) is 31.3 Å². The van der Waals surface area contributed by atoms with Crippen molar-refractivity contribution in [3.8, 4) is 0 Å². The molecular formula is C50H93NO18. The van der Waals surface area contributed by atoms with Gasteiger partial charge in [-0.3, -0.25) is 4.79 Å². The lowest BCUT2D eigenvalue weighted by Gasteiger charge is -2.48. The predicted molar refractivity (Wildman–Crippen MR) is 254 cm³/mol. The Balaban J connectivity index is 1.55. The van der Waals surface area contributed by atoms with Gasteiger partial charge in [-0.2, -0.15) is 0 Å². The van der Waals surface area contributed by atoms with Crippen LogP contribution in [-0.2, 0) is 33.2 Å². The van der Waals surface area contributed by atoms with Gasteiger partial charge in [0, 0.05) is 6.42 Å². The highest BCUT2D eigenvalue weighted by Gasteiger charge is 2.53. The molecule has 0 aromatic rings. The number of aliphatic hydroxyl groups is 11. The number of rotatable bonds is 37. The minimum Gasteiger partial charge on any atom is -0.394 e. The van der Waals surface area contributed by atoms with E-state index in [9.17, 15) is 61.0 Å². The lowest BCUT2D eigenvalue weighted by atomic mass is 9.96. The summed E-state index contributed by atoms with van der Waals surface area (Å²) in [6, 6.07) is -0.885. The van der Waals surface area contributed by atoms with Gasteiger partial charge in [-0.25, -0.2) is 0 Å². The summed E-state index contributed by atoms with van der Waals surface area (Å²) < 4.78 is 34.2. The van der Waals surface area contributed by atoms with E-state index >= 15 is 0 Å². The molecule has 17 atom stereocenters. The monoisotopic (exact) mass is 996 g/mol. The Morgan fingerprint density at radius 3 is 1.45 bits per heavy atom. The summed E-state index contributed by atoms with van der Waals surface area (Å²) >= 11 is 0. The summed E-state index contributed by atoms with van der Waals surface area (Å²) in [6.07, 6.45) is 3.21. The molecule has 3 rings (SSSR count). The predicted octanol–water partition coefficient (Wildman–Crippen LogP) is 2.26. The number of unbranched alkanes of at least 4 members (excludes halogenated alkanes) is 19. The summed E-state index contributed by atoms with van der Waals surface area (Å²) in [6.45, 7) is 1.70. The summed E-state index contributed by atoms with van der Waals surface area (Å²) in [5.74, 6) is -0.256. The first-order chi connectivity index (χ1) is 33.3. The molecule has 0 aromatic heterocycles. The van der Waals surface area contributed by atoms with E-state index in [0.717, 1.165) is 64.2 Å². The first-order valence-corrected chi connectivity index (χ1v) is 26.4. The lowest BCUT2D eigenvalue weighted by Crippen LogP contribution is -2.66. The Morgan fingerprint density at radius 2 is 0.928 bits per heavy atom. The Labute approximate surface area is 410 Å². The molecule has 12 N–H and O–H groups in total. The Morgan fingerprint density at radius 1 is 0.507 bits per heavy atom. The second-order valence-electron chi connectivity index (χ2n) is 19.3. The largest absolute Gasteiger partial charge is 0.394 e. The van der Waals surface area contributed by atoms with Gasteiger partial charge >= 0.3 is 0 Å². The van der Waals surface area contributed by atoms with Crippen molar-refractivity contribution in [2.75, 3.05) is 26.4 Å². The molecule has 3 aliphatic rings. The normalized spacial score (nSPS) is 32.9. The second kappa shape index (κ2) is 35.6. The van der Waals surface area contributed by atoms with Crippen molar-refractivity contribution in [3.05, 3.63) is 12.2 Å². The molecule has 3 fully saturated rings. The van der Waals surface area contributed by atoms with Crippen molar-refractivity contribution in [1.82, 2.24) is 5.32 Å². The van der Waals surface area contributed by atoms with Gasteiger partial charge in [0.1, 0.15) is 73.2 Å². The third-order valence-electron chi connectivity index (χ3n) is 13.6. The third kappa shape index (κ3) is 21.5. The van der Waals surface area contributed by atoms with Crippen LogP contribution in [-0.4, -0.2) is 193 Å². The molecule has 0 radical (unpaired) electrons. The molecule has 19 nitrogen and oxygen atoms in total. The van der Waals surface area contributed by atoms with Gasteiger partial charge in [0.25, 0.3) is 0 Å². The number of aliphatic hydroxyl groups excluding tert-OH is 11. The molecule has 0 aromatic carbocycles. The molecule has 1 amide bonds. The Hall–Kier alpha value is -1.47. The molecular weight excluding hydrogens is 903 g/mol. The van der Waals surface area contributed by atoms with Crippen LogP contribution in [0, 0.1) is 0 Å². The van der Waals surface area contributed by atoms with Crippen LogP contribution < -0.4 is 5.32 Å². The van der Waals surface area contributed by atoms with Crippen LogP contribution in [0.1, 0.15) is 168 Å². The van der Waals surface area contributed by atoms with Crippen LogP contribution in [0.4, 0.5) is 0 Å². The van der Waals surface area contributed by atoms with Gasteiger partial charge < -0.3 is 89.9 Å². The minimum absolute atomic E-state index is 0.256. The summed E-state index contributed by atoms with van der Waals surface area (Å²) in [5, 5.41) is 120. The number of hydrogen-bond acceptors (Lipinski definition) is 18. The van der Waals surface area contributed by atoms with Crippen molar-refractivity contribution >= 4 is 5.91 Å². The van der Waals surface area contributed by atoms with Crippen molar-refractivity contribution < 1.29 is 89.4 Å². The smallest absolute Gasteiger partial charge is 0.220 e. The zero-order valence-electron chi connectivity index (χ0n) is 41.5. The van der Waals surface area contributed by atoms with E-state index in [0.29, 0.717) is 12.8 Å². The maximum Gasteiger partial charge on any atom is 0.220 e. The van der Waals surface area contributed by atoms with Crippen molar-refractivity contribution in [1.29, 1.82) is 0 Å². The number of allylic oxidation sites excluding steroid dienone is 2. The number of nitrogens with one attached hydrogen (secondary N) is 1. The van der Waals surface area contributed by atoms with Gasteiger partial charge in [0.05, 0.1) is 38.6 Å². The Bertz CT molecular complexity index is 1330. The van der Waals surface area contributed by atoms with Gasteiger partial charge in [0.2, 0.25) is 5.91 Å². The number of amides is 1. The van der Waals surface area contributed by atoms with Crippen LogP contribution in [0.15, 0.2) is 12.2 Å². The average molecular weight is 996 g/mol. The van der Waals surface area contributed by atoms with E-state index in [1.54, 1.807) is 0 Å². The molecule has 3 saturated heterocycles. The molecule has 0 saturated carbocycles. The molecule has 0 bridgehead atoms. The SMILES string of the molecule is CCCC/C=C\CCCCCCCC(=O)NC(COC1OC(CO)C(OC2OC(CO)C(OC3OC(CO)C(O)C(O)C3O)C(O)C2O)C(O)C1O)C(O)CCCCCCCCCCCCCCC. The second-order valence-corrected chi connectivity index (χ2v) is 19.3. The van der Waals surface area contributed by atoms with Crippen molar-refractivity contribution in [2.45, 2.75) is 272 Å². The average Bonchev–Trinajstić information content (AvgIpc) is 3.34. The molecule has 0 aliphatic carbocycles. The summed E-state index contributed by atoms with van der Waals surface area (Å²) in [7, 11) is 0. The maximum atomic E-state index is 13.2. The van der Waals surface area contributed by atoms with Gasteiger partial charge in [0.15, 0.2) is 18.9 Å². The quantitative estimate of drug-likeness (QED) is 0.0314. The van der Waals surface area contributed by atoms with E-state index < -0.39 is 124 Å².